The molecule has 1 N–H and O–H groups in total. The SMILES string of the molecule is O=C(Nc1nnc(SCc2ccccc2)s1)C1CCN(Cc2ccc(F)cc2)CC1. The third kappa shape index (κ3) is 5.87. The smallest absolute Gasteiger partial charge is 0.229 e. The summed E-state index contributed by atoms with van der Waals surface area (Å²) in [4.78, 5) is 14.9. The zero-order valence-corrected chi connectivity index (χ0v) is 18.1. The van der Waals surface area contributed by atoms with Crippen LogP contribution in [0.1, 0.15) is 24.0 Å². The van der Waals surface area contributed by atoms with Gasteiger partial charge in [-0.25, -0.2) is 4.39 Å². The molecule has 30 heavy (non-hydrogen) atoms. The van der Waals surface area contributed by atoms with Gasteiger partial charge in [-0.05, 0) is 49.2 Å². The lowest BCUT2D eigenvalue weighted by atomic mass is 9.95. The third-order valence-corrected chi connectivity index (χ3v) is 7.16. The second kappa shape index (κ2) is 10.1. The normalized spacial score (nSPS) is 15.2. The number of rotatable bonds is 7. The van der Waals surface area contributed by atoms with Crippen LogP contribution in [0.4, 0.5) is 9.52 Å². The Morgan fingerprint density at radius 2 is 1.80 bits per heavy atom. The first-order valence-corrected chi connectivity index (χ1v) is 11.7. The number of anilines is 1. The fourth-order valence-corrected chi connectivity index (χ4v) is 5.16. The molecule has 0 saturated carbocycles. The lowest BCUT2D eigenvalue weighted by Crippen LogP contribution is -2.37. The maximum absolute atomic E-state index is 13.0. The van der Waals surface area contributed by atoms with Gasteiger partial charge in [0.25, 0.3) is 0 Å². The van der Waals surface area contributed by atoms with E-state index < -0.39 is 0 Å². The molecule has 3 aromatic rings. The van der Waals surface area contributed by atoms with Crippen molar-refractivity contribution in [2.75, 3.05) is 18.4 Å². The number of halogens is 1. The van der Waals surface area contributed by atoms with Crippen molar-refractivity contribution in [2.24, 2.45) is 5.92 Å². The summed E-state index contributed by atoms with van der Waals surface area (Å²) in [5.41, 5.74) is 2.32. The Balaban J connectivity index is 1.22. The summed E-state index contributed by atoms with van der Waals surface area (Å²) in [6, 6.07) is 16.8. The molecule has 1 saturated heterocycles. The fourth-order valence-electron chi connectivity index (χ4n) is 3.45. The van der Waals surface area contributed by atoms with E-state index in [1.165, 1.54) is 29.0 Å². The Hall–Kier alpha value is -2.29. The summed E-state index contributed by atoms with van der Waals surface area (Å²) >= 11 is 3.04. The molecule has 0 atom stereocenters. The van der Waals surface area contributed by atoms with Gasteiger partial charge in [-0.15, -0.1) is 10.2 Å². The average Bonchev–Trinajstić information content (AvgIpc) is 3.22. The summed E-state index contributed by atoms with van der Waals surface area (Å²) in [6.07, 6.45) is 1.61. The van der Waals surface area contributed by atoms with Crippen LogP contribution in [0.15, 0.2) is 58.9 Å². The van der Waals surface area contributed by atoms with Gasteiger partial charge in [-0.3, -0.25) is 9.69 Å². The molecule has 4 rings (SSSR count). The molecule has 1 fully saturated rings. The molecule has 1 aromatic heterocycles. The molecule has 8 heteroatoms. The minimum atomic E-state index is -0.215. The van der Waals surface area contributed by atoms with Crippen LogP contribution in [-0.4, -0.2) is 34.1 Å². The van der Waals surface area contributed by atoms with Gasteiger partial charge in [0.2, 0.25) is 11.0 Å². The van der Waals surface area contributed by atoms with Crippen LogP contribution in [0.5, 0.6) is 0 Å². The van der Waals surface area contributed by atoms with Crippen LogP contribution in [0.3, 0.4) is 0 Å². The highest BCUT2D eigenvalue weighted by atomic mass is 32.2. The molecular formula is C22H23FN4OS2. The van der Waals surface area contributed by atoms with Crippen molar-refractivity contribution in [3.63, 3.8) is 0 Å². The Morgan fingerprint density at radius 1 is 1.07 bits per heavy atom. The Kier molecular flexibility index (Phi) is 7.09. The van der Waals surface area contributed by atoms with Gasteiger partial charge in [0.05, 0.1) is 0 Å². The van der Waals surface area contributed by atoms with Crippen LogP contribution < -0.4 is 5.32 Å². The van der Waals surface area contributed by atoms with Crippen molar-refractivity contribution in [3.8, 4) is 0 Å². The van der Waals surface area contributed by atoms with Crippen molar-refractivity contribution in [2.45, 2.75) is 29.5 Å². The Labute approximate surface area is 183 Å². The predicted molar refractivity (Wildman–Crippen MR) is 119 cm³/mol. The number of amides is 1. The van der Waals surface area contributed by atoms with E-state index in [0.717, 1.165) is 48.1 Å². The van der Waals surface area contributed by atoms with E-state index in [0.29, 0.717) is 5.13 Å². The molecule has 1 aliphatic heterocycles. The summed E-state index contributed by atoms with van der Waals surface area (Å²) < 4.78 is 13.9. The topological polar surface area (TPSA) is 58.1 Å². The number of carbonyl (C=O) groups is 1. The average molecular weight is 443 g/mol. The van der Waals surface area contributed by atoms with Crippen molar-refractivity contribution in [3.05, 3.63) is 71.5 Å². The van der Waals surface area contributed by atoms with Crippen LogP contribution in [0.25, 0.3) is 0 Å². The van der Waals surface area contributed by atoms with Crippen molar-refractivity contribution < 1.29 is 9.18 Å². The predicted octanol–water partition coefficient (Wildman–Crippen LogP) is 4.82. The summed E-state index contributed by atoms with van der Waals surface area (Å²) in [5.74, 6) is 0.619. The highest BCUT2D eigenvalue weighted by Gasteiger charge is 2.25. The zero-order chi connectivity index (χ0) is 20.8. The Morgan fingerprint density at radius 3 is 2.53 bits per heavy atom. The van der Waals surface area contributed by atoms with Gasteiger partial charge in [-0.1, -0.05) is 65.6 Å². The van der Waals surface area contributed by atoms with E-state index in [4.69, 9.17) is 0 Å². The van der Waals surface area contributed by atoms with Crippen LogP contribution in [0.2, 0.25) is 0 Å². The summed E-state index contributed by atoms with van der Waals surface area (Å²) in [5, 5.41) is 11.8. The highest BCUT2D eigenvalue weighted by Crippen LogP contribution is 2.29. The number of piperidine rings is 1. The molecule has 0 unspecified atom stereocenters. The van der Waals surface area contributed by atoms with Crippen LogP contribution >= 0.6 is 23.1 Å². The number of benzene rings is 2. The number of nitrogens with one attached hydrogen (secondary N) is 1. The van der Waals surface area contributed by atoms with Gasteiger partial charge >= 0.3 is 0 Å². The number of aromatic nitrogens is 2. The monoisotopic (exact) mass is 442 g/mol. The molecule has 2 heterocycles. The zero-order valence-electron chi connectivity index (χ0n) is 16.5. The second-order valence-electron chi connectivity index (χ2n) is 7.31. The molecule has 0 radical (unpaired) electrons. The molecule has 5 nitrogen and oxygen atoms in total. The number of carbonyl (C=O) groups excluding carboxylic acids is 1. The second-order valence-corrected chi connectivity index (χ2v) is 9.51. The molecule has 1 amide bonds. The van der Waals surface area contributed by atoms with Gasteiger partial charge < -0.3 is 5.32 Å². The first kappa shape index (κ1) is 21.0. The van der Waals surface area contributed by atoms with Crippen molar-refractivity contribution in [1.29, 1.82) is 0 Å². The molecule has 156 valence electrons. The quantitative estimate of drug-likeness (QED) is 0.420. The third-order valence-electron chi connectivity index (χ3n) is 5.12. The molecule has 0 spiro atoms. The van der Waals surface area contributed by atoms with E-state index in [9.17, 15) is 9.18 Å². The molecular weight excluding hydrogens is 419 g/mol. The highest BCUT2D eigenvalue weighted by molar-refractivity contribution is 8.00. The minimum absolute atomic E-state index is 0.0150. The first-order chi connectivity index (χ1) is 14.7. The number of hydrogen-bond donors (Lipinski definition) is 1. The number of thioether (sulfide) groups is 1. The van der Waals surface area contributed by atoms with Gasteiger partial charge in [0.15, 0.2) is 4.34 Å². The van der Waals surface area contributed by atoms with E-state index in [-0.39, 0.29) is 17.6 Å². The number of likely N-dealkylation sites (tertiary alicyclic amines) is 1. The van der Waals surface area contributed by atoms with Crippen LogP contribution in [0, 0.1) is 11.7 Å². The van der Waals surface area contributed by atoms with Gasteiger partial charge in [0.1, 0.15) is 5.82 Å². The standard InChI is InChI=1S/C22H23FN4OS2/c23-19-8-6-16(7-9-19)14-27-12-10-18(11-13-27)20(28)24-21-25-26-22(30-21)29-15-17-4-2-1-3-5-17/h1-9,18H,10-15H2,(H,24,25,28). The summed E-state index contributed by atoms with van der Waals surface area (Å²) in [6.45, 7) is 2.49. The van der Waals surface area contributed by atoms with E-state index in [1.807, 2.05) is 30.3 Å². The van der Waals surface area contributed by atoms with Crippen molar-refractivity contribution >= 4 is 34.1 Å². The lowest BCUT2D eigenvalue weighted by Gasteiger charge is -2.31. The minimum Gasteiger partial charge on any atom is -0.300 e. The summed E-state index contributed by atoms with van der Waals surface area (Å²) in [7, 11) is 0. The first-order valence-electron chi connectivity index (χ1n) is 9.93. The molecule has 0 aliphatic carbocycles. The fraction of sp³-hybridized carbons (Fsp3) is 0.318. The van der Waals surface area contributed by atoms with Crippen LogP contribution in [-0.2, 0) is 17.1 Å². The van der Waals surface area contributed by atoms with Crippen molar-refractivity contribution in [1.82, 2.24) is 15.1 Å². The van der Waals surface area contributed by atoms with E-state index in [1.54, 1.807) is 11.8 Å². The Bertz CT molecular complexity index is 957. The molecule has 1 aliphatic rings. The number of nitrogens with zero attached hydrogens (tertiary/aromatic N) is 3. The van der Waals surface area contributed by atoms with Gasteiger partial charge in [0, 0.05) is 18.2 Å². The van der Waals surface area contributed by atoms with E-state index >= 15 is 0 Å². The maximum atomic E-state index is 13.0. The lowest BCUT2D eigenvalue weighted by molar-refractivity contribution is -0.121. The van der Waals surface area contributed by atoms with E-state index in [2.05, 4.69) is 32.5 Å². The number of hydrogen-bond acceptors (Lipinski definition) is 6. The molecule has 0 bridgehead atoms. The maximum Gasteiger partial charge on any atom is 0.229 e. The largest absolute Gasteiger partial charge is 0.300 e. The molecule has 2 aromatic carbocycles. The van der Waals surface area contributed by atoms with Gasteiger partial charge in [-0.2, -0.15) is 0 Å².